The van der Waals surface area contributed by atoms with Gasteiger partial charge in [0, 0.05) is 11.3 Å². The van der Waals surface area contributed by atoms with Gasteiger partial charge in [0.2, 0.25) is 0 Å². The molecule has 88 valence electrons. The van der Waals surface area contributed by atoms with Gasteiger partial charge >= 0.3 is 0 Å². The molecular formula is C13H17F2N. The molecule has 1 aliphatic carbocycles. The number of benzene rings is 1. The highest BCUT2D eigenvalue weighted by atomic mass is 19.2. The van der Waals surface area contributed by atoms with Crippen LogP contribution in [0.5, 0.6) is 0 Å². The van der Waals surface area contributed by atoms with Gasteiger partial charge in [0.1, 0.15) is 11.5 Å². The SMILES string of the molecule is CC(C)(C)c1cc(N)cc(C2(F)CC2)c1F. The summed E-state index contributed by atoms with van der Waals surface area (Å²) in [5, 5.41) is 0. The third-order valence-electron chi connectivity index (χ3n) is 3.07. The van der Waals surface area contributed by atoms with Crippen LogP contribution in [0, 0.1) is 5.82 Å². The predicted molar refractivity (Wildman–Crippen MR) is 61.5 cm³/mol. The van der Waals surface area contributed by atoms with Crippen LogP contribution in [-0.2, 0) is 11.1 Å². The van der Waals surface area contributed by atoms with E-state index in [1.165, 1.54) is 6.07 Å². The Morgan fingerprint density at radius 1 is 1.25 bits per heavy atom. The van der Waals surface area contributed by atoms with E-state index in [2.05, 4.69) is 0 Å². The van der Waals surface area contributed by atoms with Gasteiger partial charge in [-0.1, -0.05) is 20.8 Å². The maximum atomic E-state index is 14.2. The van der Waals surface area contributed by atoms with Crippen LogP contribution in [0.2, 0.25) is 0 Å². The molecule has 0 saturated heterocycles. The van der Waals surface area contributed by atoms with Gasteiger partial charge in [0.25, 0.3) is 0 Å². The molecule has 0 amide bonds. The first-order valence-corrected chi connectivity index (χ1v) is 5.53. The van der Waals surface area contributed by atoms with E-state index in [1.54, 1.807) is 6.07 Å². The summed E-state index contributed by atoms with van der Waals surface area (Å²) in [6.45, 7) is 5.69. The third-order valence-corrected chi connectivity index (χ3v) is 3.07. The zero-order chi connectivity index (χ0) is 12.1. The molecule has 1 fully saturated rings. The van der Waals surface area contributed by atoms with E-state index in [1.807, 2.05) is 20.8 Å². The summed E-state index contributed by atoms with van der Waals surface area (Å²) >= 11 is 0. The third kappa shape index (κ3) is 1.79. The largest absolute Gasteiger partial charge is 0.399 e. The maximum Gasteiger partial charge on any atom is 0.139 e. The highest BCUT2D eigenvalue weighted by Gasteiger charge is 2.47. The van der Waals surface area contributed by atoms with Gasteiger partial charge in [-0.3, -0.25) is 0 Å². The van der Waals surface area contributed by atoms with E-state index >= 15 is 0 Å². The summed E-state index contributed by atoms with van der Waals surface area (Å²) in [5.41, 5.74) is 4.95. The standard InChI is InChI=1S/C13H17F2N/c1-12(2,3)9-6-8(16)7-10(11(9)14)13(15)4-5-13/h6-7H,4-5,16H2,1-3H3. The monoisotopic (exact) mass is 225 g/mol. The molecule has 0 bridgehead atoms. The minimum Gasteiger partial charge on any atom is -0.399 e. The van der Waals surface area contributed by atoms with Crippen molar-refractivity contribution in [1.29, 1.82) is 0 Å². The summed E-state index contributed by atoms with van der Waals surface area (Å²) < 4.78 is 28.1. The zero-order valence-electron chi connectivity index (χ0n) is 9.90. The first-order valence-electron chi connectivity index (χ1n) is 5.53. The molecule has 16 heavy (non-hydrogen) atoms. The Morgan fingerprint density at radius 2 is 1.81 bits per heavy atom. The lowest BCUT2D eigenvalue weighted by Gasteiger charge is -2.22. The molecule has 0 heterocycles. The lowest BCUT2D eigenvalue weighted by Crippen LogP contribution is -2.17. The summed E-state index contributed by atoms with van der Waals surface area (Å²) in [6, 6.07) is 3.03. The molecule has 0 radical (unpaired) electrons. The first-order chi connectivity index (χ1) is 7.24. The Kier molecular flexibility index (Phi) is 2.26. The van der Waals surface area contributed by atoms with Crippen LogP contribution < -0.4 is 5.73 Å². The molecule has 1 aliphatic rings. The second kappa shape index (κ2) is 3.19. The predicted octanol–water partition coefficient (Wildman–Crippen LogP) is 3.66. The fraction of sp³-hybridized carbons (Fsp3) is 0.538. The van der Waals surface area contributed by atoms with Crippen molar-refractivity contribution in [3.05, 3.63) is 29.1 Å². The number of nitrogens with two attached hydrogens (primary N) is 1. The quantitative estimate of drug-likeness (QED) is 0.725. The highest BCUT2D eigenvalue weighted by molar-refractivity contribution is 5.50. The Hall–Kier alpha value is -1.12. The van der Waals surface area contributed by atoms with Crippen LogP contribution in [0.4, 0.5) is 14.5 Å². The van der Waals surface area contributed by atoms with Crippen molar-refractivity contribution in [2.24, 2.45) is 0 Å². The molecule has 0 atom stereocenters. The molecule has 2 rings (SSSR count). The Morgan fingerprint density at radius 3 is 2.25 bits per heavy atom. The molecule has 3 heteroatoms. The van der Waals surface area contributed by atoms with Crippen molar-refractivity contribution >= 4 is 5.69 Å². The molecule has 0 spiro atoms. The molecule has 1 nitrogen and oxygen atoms in total. The molecule has 0 aliphatic heterocycles. The van der Waals surface area contributed by atoms with Gasteiger partial charge in [-0.2, -0.15) is 0 Å². The van der Waals surface area contributed by atoms with Gasteiger partial charge in [-0.15, -0.1) is 0 Å². The molecule has 2 N–H and O–H groups in total. The fourth-order valence-electron chi connectivity index (χ4n) is 1.90. The molecule has 1 aromatic carbocycles. The number of anilines is 1. The van der Waals surface area contributed by atoms with Crippen LogP contribution in [-0.4, -0.2) is 0 Å². The first kappa shape index (κ1) is 11.4. The fourth-order valence-corrected chi connectivity index (χ4v) is 1.90. The van der Waals surface area contributed by atoms with E-state index in [-0.39, 0.29) is 11.0 Å². The van der Waals surface area contributed by atoms with E-state index in [4.69, 9.17) is 5.73 Å². The average molecular weight is 225 g/mol. The van der Waals surface area contributed by atoms with Crippen LogP contribution >= 0.6 is 0 Å². The van der Waals surface area contributed by atoms with Crippen molar-refractivity contribution in [2.45, 2.75) is 44.7 Å². The van der Waals surface area contributed by atoms with E-state index in [9.17, 15) is 8.78 Å². The number of hydrogen-bond donors (Lipinski definition) is 1. The highest BCUT2D eigenvalue weighted by Crippen LogP contribution is 2.51. The van der Waals surface area contributed by atoms with Gasteiger partial charge in [0.05, 0.1) is 0 Å². The minimum atomic E-state index is -1.47. The summed E-state index contributed by atoms with van der Waals surface area (Å²) in [5.74, 6) is -0.429. The Bertz CT molecular complexity index is 402. The number of alkyl halides is 1. The summed E-state index contributed by atoms with van der Waals surface area (Å²) in [7, 11) is 0. The van der Waals surface area contributed by atoms with Crippen LogP contribution in [0.1, 0.15) is 44.7 Å². The van der Waals surface area contributed by atoms with Crippen molar-refractivity contribution in [3.8, 4) is 0 Å². The molecule has 1 saturated carbocycles. The average Bonchev–Trinajstić information content (AvgIpc) is 2.86. The topological polar surface area (TPSA) is 26.0 Å². The maximum absolute atomic E-state index is 14.2. The molecular weight excluding hydrogens is 208 g/mol. The normalized spacial score (nSPS) is 18.6. The summed E-state index contributed by atoms with van der Waals surface area (Å²) in [4.78, 5) is 0. The van der Waals surface area contributed by atoms with Crippen LogP contribution in [0.25, 0.3) is 0 Å². The number of hydrogen-bond acceptors (Lipinski definition) is 1. The Labute approximate surface area is 94.7 Å². The lowest BCUT2D eigenvalue weighted by atomic mass is 9.84. The van der Waals surface area contributed by atoms with Crippen LogP contribution in [0.15, 0.2) is 12.1 Å². The van der Waals surface area contributed by atoms with Gasteiger partial charge in [-0.25, -0.2) is 8.78 Å². The summed E-state index contributed by atoms with van der Waals surface area (Å²) in [6.07, 6.45) is 0.800. The second-order valence-electron chi connectivity index (χ2n) is 5.65. The minimum absolute atomic E-state index is 0.137. The van der Waals surface area contributed by atoms with Crippen molar-refractivity contribution in [2.75, 3.05) is 5.73 Å². The van der Waals surface area contributed by atoms with E-state index in [0.29, 0.717) is 24.1 Å². The van der Waals surface area contributed by atoms with E-state index in [0.717, 1.165) is 0 Å². The van der Waals surface area contributed by atoms with Gasteiger partial charge < -0.3 is 5.73 Å². The van der Waals surface area contributed by atoms with Crippen molar-refractivity contribution < 1.29 is 8.78 Å². The molecule has 1 aromatic rings. The number of nitrogen functional groups attached to an aromatic ring is 1. The van der Waals surface area contributed by atoms with Gasteiger partial charge in [-0.05, 0) is 36.0 Å². The smallest absolute Gasteiger partial charge is 0.139 e. The molecule has 0 unspecified atom stereocenters. The lowest BCUT2D eigenvalue weighted by molar-refractivity contribution is 0.304. The number of rotatable bonds is 1. The van der Waals surface area contributed by atoms with Crippen LogP contribution in [0.3, 0.4) is 0 Å². The van der Waals surface area contributed by atoms with E-state index < -0.39 is 11.5 Å². The number of halogens is 2. The molecule has 0 aromatic heterocycles. The van der Waals surface area contributed by atoms with Crippen molar-refractivity contribution in [3.63, 3.8) is 0 Å². The Balaban J connectivity index is 2.60. The van der Waals surface area contributed by atoms with Crippen molar-refractivity contribution in [1.82, 2.24) is 0 Å². The second-order valence-corrected chi connectivity index (χ2v) is 5.65. The zero-order valence-corrected chi connectivity index (χ0v) is 9.90. The van der Waals surface area contributed by atoms with Gasteiger partial charge in [0.15, 0.2) is 0 Å².